The molecule has 0 spiro atoms. The van der Waals surface area contributed by atoms with Crippen molar-refractivity contribution in [3.63, 3.8) is 0 Å². The molecule has 0 aliphatic heterocycles. The monoisotopic (exact) mass is 188 g/mol. The van der Waals surface area contributed by atoms with Gasteiger partial charge in [0, 0.05) is 18.7 Å². The van der Waals surface area contributed by atoms with E-state index in [-0.39, 0.29) is 11.6 Å². The Bertz CT molecular complexity index is 133. The van der Waals surface area contributed by atoms with Crippen molar-refractivity contribution in [2.24, 2.45) is 5.73 Å². The number of nitrogens with two attached hydrogens (primary N) is 1. The van der Waals surface area contributed by atoms with E-state index in [4.69, 9.17) is 10.5 Å². The lowest BCUT2D eigenvalue weighted by molar-refractivity contribution is 0.0628. The molecule has 0 aliphatic rings. The molecule has 0 heterocycles. The Morgan fingerprint density at radius 1 is 1.31 bits per heavy atom. The third-order valence-corrected chi connectivity index (χ3v) is 2.83. The Labute approximate surface area is 82.2 Å². The lowest BCUT2D eigenvalue weighted by Crippen LogP contribution is -2.57. The molecule has 0 aromatic heterocycles. The van der Waals surface area contributed by atoms with Crippen molar-refractivity contribution in [1.82, 2.24) is 4.90 Å². The molecule has 0 saturated heterocycles. The maximum atomic E-state index is 6.05. The molecule has 1 unspecified atom stereocenters. The fraction of sp³-hybridized carbons (Fsp3) is 1.00. The highest BCUT2D eigenvalue weighted by Gasteiger charge is 2.31. The van der Waals surface area contributed by atoms with Crippen molar-refractivity contribution >= 4 is 0 Å². The predicted octanol–water partition coefficient (Wildman–Crippen LogP) is 1.08. The predicted molar refractivity (Wildman–Crippen MR) is 56.9 cm³/mol. The molecule has 0 aromatic rings. The molecule has 0 aliphatic carbocycles. The molecule has 1 atom stereocenters. The molecule has 0 rings (SSSR count). The molecular weight excluding hydrogens is 164 g/mol. The van der Waals surface area contributed by atoms with Crippen molar-refractivity contribution in [2.45, 2.75) is 39.3 Å². The number of rotatable bonds is 6. The smallest absolute Gasteiger partial charge is 0.0631 e. The molecule has 3 heteroatoms. The van der Waals surface area contributed by atoms with Crippen LogP contribution in [-0.2, 0) is 4.74 Å². The first-order chi connectivity index (χ1) is 6.00. The van der Waals surface area contributed by atoms with E-state index in [1.54, 1.807) is 7.11 Å². The highest BCUT2D eigenvalue weighted by molar-refractivity contribution is 4.90. The van der Waals surface area contributed by atoms with Crippen molar-refractivity contribution in [2.75, 3.05) is 26.8 Å². The molecular formula is C10H24N2O. The summed E-state index contributed by atoms with van der Waals surface area (Å²) in [7, 11) is 1.69. The Morgan fingerprint density at radius 3 is 2.08 bits per heavy atom. The second kappa shape index (κ2) is 5.58. The summed E-state index contributed by atoms with van der Waals surface area (Å²) >= 11 is 0. The fourth-order valence-corrected chi connectivity index (χ4v) is 1.66. The summed E-state index contributed by atoms with van der Waals surface area (Å²) < 4.78 is 5.08. The van der Waals surface area contributed by atoms with E-state index in [1.165, 1.54) is 0 Å². The van der Waals surface area contributed by atoms with Gasteiger partial charge in [-0.25, -0.2) is 0 Å². The van der Waals surface area contributed by atoms with Crippen LogP contribution in [0.1, 0.15) is 27.7 Å². The third kappa shape index (κ3) is 3.25. The van der Waals surface area contributed by atoms with E-state index in [0.29, 0.717) is 6.61 Å². The van der Waals surface area contributed by atoms with Gasteiger partial charge in [0.15, 0.2) is 0 Å². The molecule has 3 nitrogen and oxygen atoms in total. The number of hydrogen-bond acceptors (Lipinski definition) is 3. The summed E-state index contributed by atoms with van der Waals surface area (Å²) in [6.07, 6.45) is 0. The minimum Gasteiger partial charge on any atom is -0.383 e. The zero-order valence-electron chi connectivity index (χ0n) is 9.63. The van der Waals surface area contributed by atoms with Crippen LogP contribution >= 0.6 is 0 Å². The average molecular weight is 188 g/mol. The second-order valence-electron chi connectivity index (χ2n) is 3.89. The van der Waals surface area contributed by atoms with Crippen LogP contribution < -0.4 is 5.73 Å². The number of methoxy groups -OCH3 is 1. The summed E-state index contributed by atoms with van der Waals surface area (Å²) in [6, 6.07) is 0.0670. The number of hydrogen-bond donors (Lipinski definition) is 1. The van der Waals surface area contributed by atoms with Gasteiger partial charge in [-0.05, 0) is 26.9 Å². The lowest BCUT2D eigenvalue weighted by Gasteiger charge is -2.41. The van der Waals surface area contributed by atoms with Gasteiger partial charge in [0.2, 0.25) is 0 Å². The molecule has 2 N–H and O–H groups in total. The summed E-state index contributed by atoms with van der Waals surface area (Å²) in [5, 5.41) is 0. The summed E-state index contributed by atoms with van der Waals surface area (Å²) in [4.78, 5) is 2.36. The molecule has 0 fully saturated rings. The number of likely N-dealkylation sites (N-methyl/N-ethyl adjacent to an activating group) is 1. The molecule has 0 saturated carbocycles. The maximum absolute atomic E-state index is 6.05. The van der Waals surface area contributed by atoms with E-state index in [1.807, 2.05) is 0 Å². The summed E-state index contributed by atoms with van der Waals surface area (Å²) in [5.74, 6) is 0. The van der Waals surface area contributed by atoms with Gasteiger partial charge in [0.05, 0.1) is 6.61 Å². The molecule has 80 valence electrons. The highest BCUT2D eigenvalue weighted by Crippen LogP contribution is 2.17. The highest BCUT2D eigenvalue weighted by atomic mass is 16.5. The first kappa shape index (κ1) is 12.9. The summed E-state index contributed by atoms with van der Waals surface area (Å²) in [6.45, 7) is 11.3. The van der Waals surface area contributed by atoms with Gasteiger partial charge in [0.1, 0.15) is 0 Å². The SMILES string of the molecule is CCN(CC)C(C)(C)C(N)COC. The van der Waals surface area contributed by atoms with Crippen molar-refractivity contribution in [1.29, 1.82) is 0 Å². The Morgan fingerprint density at radius 2 is 1.77 bits per heavy atom. The fourth-order valence-electron chi connectivity index (χ4n) is 1.66. The van der Waals surface area contributed by atoms with Crippen LogP contribution in [0.25, 0.3) is 0 Å². The van der Waals surface area contributed by atoms with E-state index >= 15 is 0 Å². The maximum Gasteiger partial charge on any atom is 0.0631 e. The van der Waals surface area contributed by atoms with Crippen LogP contribution in [-0.4, -0.2) is 43.3 Å². The van der Waals surface area contributed by atoms with Gasteiger partial charge in [-0.15, -0.1) is 0 Å². The second-order valence-corrected chi connectivity index (χ2v) is 3.89. The summed E-state index contributed by atoms with van der Waals surface area (Å²) in [5.41, 5.74) is 6.06. The van der Waals surface area contributed by atoms with E-state index in [9.17, 15) is 0 Å². The molecule has 13 heavy (non-hydrogen) atoms. The van der Waals surface area contributed by atoms with Gasteiger partial charge in [-0.2, -0.15) is 0 Å². The molecule has 0 radical (unpaired) electrons. The van der Waals surface area contributed by atoms with Crippen LogP contribution in [0.5, 0.6) is 0 Å². The van der Waals surface area contributed by atoms with Crippen molar-refractivity contribution in [3.05, 3.63) is 0 Å². The zero-order valence-corrected chi connectivity index (χ0v) is 9.63. The standard InChI is InChI=1S/C10H24N2O/c1-6-12(7-2)10(3,4)9(11)8-13-5/h9H,6-8,11H2,1-5H3. The lowest BCUT2D eigenvalue weighted by atomic mass is 9.93. The first-order valence-electron chi connectivity index (χ1n) is 5.00. The third-order valence-electron chi connectivity index (χ3n) is 2.83. The van der Waals surface area contributed by atoms with Gasteiger partial charge in [-0.1, -0.05) is 13.8 Å². The van der Waals surface area contributed by atoms with Gasteiger partial charge < -0.3 is 10.5 Å². The van der Waals surface area contributed by atoms with E-state index < -0.39 is 0 Å². The Hall–Kier alpha value is -0.120. The first-order valence-corrected chi connectivity index (χ1v) is 5.00. The topological polar surface area (TPSA) is 38.5 Å². The zero-order chi connectivity index (χ0) is 10.5. The minimum absolute atomic E-state index is 0.0134. The molecule has 0 aromatic carbocycles. The average Bonchev–Trinajstić information content (AvgIpc) is 2.06. The molecule has 0 amide bonds. The normalized spacial score (nSPS) is 15.0. The van der Waals surface area contributed by atoms with Gasteiger partial charge in [0.25, 0.3) is 0 Å². The minimum atomic E-state index is 0.0134. The number of nitrogens with zero attached hydrogens (tertiary/aromatic N) is 1. The number of ether oxygens (including phenoxy) is 1. The van der Waals surface area contributed by atoms with Crippen molar-refractivity contribution in [3.8, 4) is 0 Å². The van der Waals surface area contributed by atoms with Crippen LogP contribution in [0.15, 0.2) is 0 Å². The Kier molecular flexibility index (Phi) is 5.53. The van der Waals surface area contributed by atoms with E-state index in [2.05, 4.69) is 32.6 Å². The van der Waals surface area contributed by atoms with Gasteiger partial charge >= 0.3 is 0 Å². The van der Waals surface area contributed by atoms with Crippen LogP contribution in [0.3, 0.4) is 0 Å². The van der Waals surface area contributed by atoms with Gasteiger partial charge in [-0.3, -0.25) is 4.90 Å². The van der Waals surface area contributed by atoms with E-state index in [0.717, 1.165) is 13.1 Å². The Balaban J connectivity index is 4.32. The van der Waals surface area contributed by atoms with Crippen LogP contribution in [0.4, 0.5) is 0 Å². The van der Waals surface area contributed by atoms with Crippen LogP contribution in [0, 0.1) is 0 Å². The van der Waals surface area contributed by atoms with Crippen LogP contribution in [0.2, 0.25) is 0 Å². The molecule has 0 bridgehead atoms. The van der Waals surface area contributed by atoms with Crippen molar-refractivity contribution < 1.29 is 4.74 Å². The largest absolute Gasteiger partial charge is 0.383 e. The quantitative estimate of drug-likeness (QED) is 0.678.